The molecular formula is C40H24F12N2Pt. The van der Waals surface area contributed by atoms with Gasteiger partial charge >= 0.3 is 45.8 Å². The molecule has 6 aromatic rings. The summed E-state index contributed by atoms with van der Waals surface area (Å²) < 4.78 is 162. The number of pyridine rings is 2. The molecule has 0 bridgehead atoms. The molecule has 0 spiro atoms. The summed E-state index contributed by atoms with van der Waals surface area (Å²) in [6.07, 6.45) is -17.1. The summed E-state index contributed by atoms with van der Waals surface area (Å²) in [4.78, 5) is 8.01. The number of hydrogen-bond acceptors (Lipinski definition) is 2. The molecule has 55 heavy (non-hydrogen) atoms. The monoisotopic (exact) mass is 955 g/mol. The fourth-order valence-corrected chi connectivity index (χ4v) is 5.79. The number of benzene rings is 4. The minimum Gasteiger partial charge on any atom is -0.255 e. The molecule has 0 radical (unpaired) electrons. The summed E-state index contributed by atoms with van der Waals surface area (Å²) >= 11 is 0. The van der Waals surface area contributed by atoms with Crippen molar-refractivity contribution in [3.8, 4) is 44.8 Å². The predicted octanol–water partition coefficient (Wildman–Crippen LogP) is 13.1. The van der Waals surface area contributed by atoms with Crippen LogP contribution in [0.25, 0.3) is 44.8 Å². The Morgan fingerprint density at radius 2 is 1.07 bits per heavy atom. The maximum atomic E-state index is 13.6. The minimum absolute atomic E-state index is 0. The Hall–Kier alpha value is -4.97. The summed E-state index contributed by atoms with van der Waals surface area (Å²) in [5.41, 5.74) is -6.05. The molecule has 2 heterocycles. The van der Waals surface area contributed by atoms with Crippen molar-refractivity contribution in [3.63, 3.8) is 0 Å². The van der Waals surface area contributed by atoms with E-state index in [-0.39, 0.29) is 66.3 Å². The smallest absolute Gasteiger partial charge is 0.255 e. The Morgan fingerprint density at radius 1 is 0.509 bits per heavy atom. The Morgan fingerprint density at radius 3 is 1.62 bits per heavy atom. The molecule has 0 N–H and O–H groups in total. The molecule has 0 aliphatic carbocycles. The molecular weight excluding hydrogens is 932 g/mol. The van der Waals surface area contributed by atoms with E-state index in [1.54, 1.807) is 36.4 Å². The number of nitrogens with zero attached hydrogens (tertiary/aromatic N) is 2. The van der Waals surface area contributed by atoms with Crippen LogP contribution in [0.2, 0.25) is 0 Å². The number of halogens is 12. The maximum absolute atomic E-state index is 13.6. The number of rotatable bonds is 4. The van der Waals surface area contributed by atoms with E-state index in [1.807, 2.05) is 0 Å². The summed E-state index contributed by atoms with van der Waals surface area (Å²) in [6.45, 7) is 2.43. The first-order valence-corrected chi connectivity index (χ1v) is 15.6. The number of alkyl halides is 12. The van der Waals surface area contributed by atoms with E-state index in [0.717, 1.165) is 6.07 Å². The molecule has 0 aliphatic heterocycles. The van der Waals surface area contributed by atoms with Crippen LogP contribution in [0.3, 0.4) is 0 Å². The molecule has 0 saturated heterocycles. The zero-order valence-electron chi connectivity index (χ0n) is 28.1. The van der Waals surface area contributed by atoms with Crippen LogP contribution in [-0.4, -0.2) is 9.97 Å². The molecule has 0 atom stereocenters. The van der Waals surface area contributed by atoms with Gasteiger partial charge in [0.15, 0.2) is 0 Å². The standard InChI is InChI=1S/C21H12F6.C19H12F6N2.Pt/c1-13-11-15(20(22,23)24)12-18(21(25,26)27)19(13)17-10-6-5-9-16(17)14-7-3-2-4-8-14;1-11-9-13(18(20,21)22)16(14(10-11)19(23,24)25)12-5-4-8-27-17(12)15-6-2-3-7-26-15;/h2-7,10-12H,1H3;2-10H,1H3;/q-2;;+2. The Kier molecular flexibility index (Phi) is 12.8. The van der Waals surface area contributed by atoms with Gasteiger partial charge in [-0.05, 0) is 61.9 Å². The third-order valence-electron chi connectivity index (χ3n) is 7.95. The van der Waals surface area contributed by atoms with Crippen molar-refractivity contribution in [1.82, 2.24) is 9.97 Å². The molecule has 6 rings (SSSR count). The second-order valence-electron chi connectivity index (χ2n) is 11.8. The van der Waals surface area contributed by atoms with Gasteiger partial charge in [0, 0.05) is 23.5 Å². The molecule has 0 fully saturated rings. The molecule has 15 heteroatoms. The van der Waals surface area contributed by atoms with Crippen LogP contribution in [0, 0.1) is 26.0 Å². The third kappa shape index (κ3) is 9.83. The van der Waals surface area contributed by atoms with Crippen molar-refractivity contribution in [1.29, 1.82) is 0 Å². The summed E-state index contributed by atoms with van der Waals surface area (Å²) in [5, 5.41) is 0. The van der Waals surface area contributed by atoms with Crippen molar-refractivity contribution in [2.45, 2.75) is 38.6 Å². The summed E-state index contributed by atoms with van der Waals surface area (Å²) in [7, 11) is 0. The van der Waals surface area contributed by atoms with Crippen molar-refractivity contribution in [3.05, 3.63) is 155 Å². The SMILES string of the molecule is Cc1cc(C(F)(F)F)c(-c2cccnc2-c2ccccn2)c(C(F)(F)F)c1.Cc1cc(C(F)(F)F)cc(C(F)(F)F)c1-c1ccc[c-]c1-c1[c-]cccc1.[Pt+2]. The number of aryl methyl sites for hydroxylation is 2. The first-order valence-electron chi connectivity index (χ1n) is 15.6. The van der Waals surface area contributed by atoms with Crippen molar-refractivity contribution < 1.29 is 73.8 Å². The average molecular weight is 956 g/mol. The fourth-order valence-electron chi connectivity index (χ4n) is 5.79. The molecule has 2 aromatic heterocycles. The third-order valence-corrected chi connectivity index (χ3v) is 7.95. The van der Waals surface area contributed by atoms with E-state index < -0.39 is 52.5 Å². The van der Waals surface area contributed by atoms with Gasteiger partial charge in [0.05, 0.1) is 33.6 Å². The first-order chi connectivity index (χ1) is 25.2. The summed E-state index contributed by atoms with van der Waals surface area (Å²) in [6, 6.07) is 26.3. The van der Waals surface area contributed by atoms with Crippen LogP contribution in [0.5, 0.6) is 0 Å². The number of aromatic nitrogens is 2. The zero-order chi connectivity index (χ0) is 39.6. The van der Waals surface area contributed by atoms with Gasteiger partial charge in [-0.1, -0.05) is 23.3 Å². The van der Waals surface area contributed by atoms with Gasteiger partial charge in [-0.3, -0.25) is 9.97 Å². The van der Waals surface area contributed by atoms with Crippen molar-refractivity contribution in [2.24, 2.45) is 0 Å². The molecule has 4 aromatic carbocycles. The quantitative estimate of drug-likeness (QED) is 0.130. The van der Waals surface area contributed by atoms with Gasteiger partial charge in [0.25, 0.3) is 0 Å². The van der Waals surface area contributed by atoms with Crippen LogP contribution in [0.15, 0.2) is 109 Å². The van der Waals surface area contributed by atoms with Crippen LogP contribution < -0.4 is 0 Å². The van der Waals surface area contributed by atoms with E-state index >= 15 is 0 Å². The maximum Gasteiger partial charge on any atom is 2.00 e. The fraction of sp³-hybridized carbons (Fsp3) is 0.150. The summed E-state index contributed by atoms with van der Waals surface area (Å²) in [5.74, 6) is 0. The van der Waals surface area contributed by atoms with Gasteiger partial charge in [-0.15, -0.1) is 23.8 Å². The van der Waals surface area contributed by atoms with Crippen LogP contribution in [0.1, 0.15) is 33.4 Å². The van der Waals surface area contributed by atoms with E-state index in [9.17, 15) is 52.7 Å². The van der Waals surface area contributed by atoms with E-state index in [1.165, 1.54) is 62.6 Å². The Labute approximate surface area is 321 Å². The van der Waals surface area contributed by atoms with E-state index in [0.29, 0.717) is 23.3 Å². The number of hydrogen-bond donors (Lipinski definition) is 0. The second-order valence-corrected chi connectivity index (χ2v) is 11.8. The van der Waals surface area contributed by atoms with Crippen molar-refractivity contribution in [2.75, 3.05) is 0 Å². The van der Waals surface area contributed by atoms with Crippen LogP contribution in [-0.2, 0) is 45.8 Å². The predicted molar refractivity (Wildman–Crippen MR) is 177 cm³/mol. The van der Waals surface area contributed by atoms with E-state index in [4.69, 9.17) is 0 Å². The zero-order valence-corrected chi connectivity index (χ0v) is 30.4. The second kappa shape index (κ2) is 16.4. The molecule has 0 saturated carbocycles. The topological polar surface area (TPSA) is 25.8 Å². The molecule has 0 aliphatic rings. The Bertz CT molecular complexity index is 2190. The van der Waals surface area contributed by atoms with Gasteiger partial charge in [0.2, 0.25) is 0 Å². The first kappa shape index (κ1) is 42.8. The van der Waals surface area contributed by atoms with E-state index in [2.05, 4.69) is 22.1 Å². The normalized spacial score (nSPS) is 12.0. The van der Waals surface area contributed by atoms with Crippen molar-refractivity contribution >= 4 is 0 Å². The molecule has 0 amide bonds. The molecule has 288 valence electrons. The Balaban J connectivity index is 0.000000240. The van der Waals surface area contributed by atoms with Gasteiger partial charge in [0.1, 0.15) is 0 Å². The minimum atomic E-state index is -4.97. The van der Waals surface area contributed by atoms with Gasteiger partial charge in [-0.25, -0.2) is 11.1 Å². The van der Waals surface area contributed by atoms with Gasteiger partial charge in [-0.2, -0.15) is 89.1 Å². The van der Waals surface area contributed by atoms with Crippen LogP contribution >= 0.6 is 0 Å². The van der Waals surface area contributed by atoms with Crippen LogP contribution in [0.4, 0.5) is 52.7 Å². The molecule has 2 nitrogen and oxygen atoms in total. The average Bonchev–Trinajstić information content (AvgIpc) is 3.10. The molecule has 0 unspecified atom stereocenters. The van der Waals surface area contributed by atoms with Gasteiger partial charge < -0.3 is 0 Å². The largest absolute Gasteiger partial charge is 2.00 e.